The Morgan fingerprint density at radius 3 is 2.57 bits per heavy atom. The van der Waals surface area contributed by atoms with E-state index >= 15 is 0 Å². The Balaban J connectivity index is 2.00. The highest BCUT2D eigenvalue weighted by atomic mass is 16.5. The number of aliphatic carboxylic acids is 1. The molecule has 0 aliphatic carbocycles. The number of carboxylic acids is 1. The molecule has 2 fully saturated rings. The monoisotopic (exact) mass is 298 g/mol. The van der Waals surface area contributed by atoms with E-state index < -0.39 is 17.8 Å². The van der Waals surface area contributed by atoms with E-state index in [1.54, 1.807) is 18.9 Å². The third-order valence-corrected chi connectivity index (χ3v) is 4.55. The van der Waals surface area contributed by atoms with Crippen LogP contribution in [0, 0.1) is 11.8 Å². The molecule has 0 aromatic heterocycles. The number of carbonyl (C=O) groups is 3. The Morgan fingerprint density at radius 1 is 1.38 bits per heavy atom. The van der Waals surface area contributed by atoms with E-state index in [0.717, 1.165) is 12.8 Å². The molecular formula is C14H22N2O5. The number of hydrogen-bond acceptors (Lipinski definition) is 4. The molecule has 1 N–H and O–H groups in total. The first-order valence-corrected chi connectivity index (χ1v) is 7.20. The largest absolute Gasteiger partial charge is 0.481 e. The number of carboxylic acid groups (broad SMARTS) is 1. The predicted octanol–water partition coefficient (Wildman–Crippen LogP) is 0.785. The van der Waals surface area contributed by atoms with Crippen LogP contribution in [0.3, 0.4) is 0 Å². The molecule has 0 saturated carbocycles. The van der Waals surface area contributed by atoms with Crippen LogP contribution in [0.1, 0.15) is 26.2 Å². The molecule has 0 spiro atoms. The first-order chi connectivity index (χ1) is 9.86. The Bertz CT molecular complexity index is 453. The van der Waals surface area contributed by atoms with Crippen LogP contribution in [0.15, 0.2) is 0 Å². The van der Waals surface area contributed by atoms with Gasteiger partial charge in [0.25, 0.3) is 0 Å². The Hall–Kier alpha value is -1.79. The van der Waals surface area contributed by atoms with Gasteiger partial charge in [-0.15, -0.1) is 0 Å². The van der Waals surface area contributed by atoms with Crippen LogP contribution in [0.4, 0.5) is 4.79 Å². The van der Waals surface area contributed by atoms with Crippen molar-refractivity contribution in [3.63, 3.8) is 0 Å². The normalized spacial score (nSPS) is 28.3. The van der Waals surface area contributed by atoms with Gasteiger partial charge in [-0.3, -0.25) is 9.59 Å². The van der Waals surface area contributed by atoms with E-state index in [-0.39, 0.29) is 30.6 Å². The van der Waals surface area contributed by atoms with Gasteiger partial charge in [-0.2, -0.15) is 0 Å². The van der Waals surface area contributed by atoms with Gasteiger partial charge in [0.05, 0.1) is 18.9 Å². The molecule has 4 unspecified atom stereocenters. The lowest BCUT2D eigenvalue weighted by atomic mass is 9.89. The molecule has 21 heavy (non-hydrogen) atoms. The van der Waals surface area contributed by atoms with E-state index in [9.17, 15) is 19.5 Å². The molecule has 7 heteroatoms. The van der Waals surface area contributed by atoms with E-state index in [0.29, 0.717) is 6.42 Å². The number of ether oxygens (including phenoxy) is 1. The van der Waals surface area contributed by atoms with Gasteiger partial charge in [0.15, 0.2) is 0 Å². The number of nitrogens with zero attached hydrogens (tertiary/aromatic N) is 2. The molecule has 2 saturated heterocycles. The van der Waals surface area contributed by atoms with Crippen molar-refractivity contribution in [1.29, 1.82) is 0 Å². The standard InChI is InChI=1S/C14H22N2O5/c1-8(13(19)21-3)7-15(2)14(20)16-9-4-5-11(16)10(6-9)12(17)18/h8-11H,4-7H2,1-3H3,(H,17,18). The molecule has 2 rings (SSSR count). The second kappa shape index (κ2) is 5.91. The fourth-order valence-corrected chi connectivity index (χ4v) is 3.51. The molecule has 2 aliphatic rings. The predicted molar refractivity (Wildman–Crippen MR) is 73.6 cm³/mol. The van der Waals surface area contributed by atoms with Crippen molar-refractivity contribution >= 4 is 18.0 Å². The minimum atomic E-state index is -0.828. The lowest BCUT2D eigenvalue weighted by Gasteiger charge is -2.29. The molecule has 7 nitrogen and oxygen atoms in total. The third kappa shape index (κ3) is 2.82. The first-order valence-electron chi connectivity index (χ1n) is 7.20. The van der Waals surface area contributed by atoms with E-state index in [4.69, 9.17) is 0 Å². The number of amides is 2. The highest BCUT2D eigenvalue weighted by Gasteiger charge is 2.52. The number of methoxy groups -OCH3 is 1. The number of urea groups is 1. The minimum Gasteiger partial charge on any atom is -0.481 e. The van der Waals surface area contributed by atoms with Crippen molar-refractivity contribution in [2.45, 2.75) is 38.3 Å². The van der Waals surface area contributed by atoms with E-state index in [1.807, 2.05) is 0 Å². The summed E-state index contributed by atoms with van der Waals surface area (Å²) in [4.78, 5) is 38.4. The summed E-state index contributed by atoms with van der Waals surface area (Å²) in [5.74, 6) is -2.05. The number of carbonyl (C=O) groups excluding carboxylic acids is 2. The Kier molecular flexibility index (Phi) is 4.39. The van der Waals surface area contributed by atoms with Gasteiger partial charge in [0.1, 0.15) is 0 Å². The van der Waals surface area contributed by atoms with Crippen LogP contribution in [0.25, 0.3) is 0 Å². The number of rotatable bonds is 4. The third-order valence-electron chi connectivity index (χ3n) is 4.55. The summed E-state index contributed by atoms with van der Waals surface area (Å²) in [5, 5.41) is 9.21. The van der Waals surface area contributed by atoms with Crippen molar-refractivity contribution in [1.82, 2.24) is 9.80 Å². The number of fused-ring (bicyclic) bond motifs is 2. The zero-order chi connectivity index (χ0) is 15.7. The maximum atomic E-state index is 12.5. The number of hydrogen-bond donors (Lipinski definition) is 1. The average molecular weight is 298 g/mol. The highest BCUT2D eigenvalue weighted by Crippen LogP contribution is 2.42. The molecule has 0 aromatic carbocycles. The van der Waals surface area contributed by atoms with Gasteiger partial charge in [-0.1, -0.05) is 6.92 Å². The van der Waals surface area contributed by atoms with Crippen molar-refractivity contribution in [2.24, 2.45) is 11.8 Å². The topological polar surface area (TPSA) is 87.2 Å². The van der Waals surface area contributed by atoms with Crippen LogP contribution in [0.2, 0.25) is 0 Å². The summed E-state index contributed by atoms with van der Waals surface area (Å²) >= 11 is 0. The molecule has 2 amide bonds. The average Bonchev–Trinajstić information content (AvgIpc) is 3.02. The summed E-state index contributed by atoms with van der Waals surface area (Å²) in [6.07, 6.45) is 2.14. The summed E-state index contributed by atoms with van der Waals surface area (Å²) in [5.41, 5.74) is 0. The van der Waals surface area contributed by atoms with Gasteiger partial charge >= 0.3 is 18.0 Å². The van der Waals surface area contributed by atoms with E-state index in [2.05, 4.69) is 4.74 Å². The first kappa shape index (κ1) is 15.6. The van der Waals surface area contributed by atoms with Gasteiger partial charge in [0, 0.05) is 25.7 Å². The quantitative estimate of drug-likeness (QED) is 0.775. The number of esters is 1. The maximum absolute atomic E-state index is 12.5. The van der Waals surface area contributed by atoms with Crippen molar-refractivity contribution in [3.8, 4) is 0 Å². The SMILES string of the molecule is COC(=O)C(C)CN(C)C(=O)N1C2CCC1C(C(=O)O)C2. The van der Waals surface area contributed by atoms with Crippen LogP contribution in [-0.2, 0) is 14.3 Å². The zero-order valence-corrected chi connectivity index (χ0v) is 12.6. The van der Waals surface area contributed by atoms with Crippen LogP contribution in [0.5, 0.6) is 0 Å². The van der Waals surface area contributed by atoms with Gasteiger partial charge < -0.3 is 19.6 Å². The van der Waals surface area contributed by atoms with Crippen LogP contribution in [-0.4, -0.2) is 65.7 Å². The van der Waals surface area contributed by atoms with Gasteiger partial charge in [-0.25, -0.2) is 4.79 Å². The molecular weight excluding hydrogens is 276 g/mol. The molecule has 0 radical (unpaired) electrons. The highest BCUT2D eigenvalue weighted by molar-refractivity contribution is 5.80. The van der Waals surface area contributed by atoms with Crippen LogP contribution < -0.4 is 0 Å². The van der Waals surface area contributed by atoms with Gasteiger partial charge in [-0.05, 0) is 19.3 Å². The summed E-state index contributed by atoms with van der Waals surface area (Å²) in [6.45, 7) is 1.97. The lowest BCUT2D eigenvalue weighted by molar-refractivity contribution is -0.145. The summed E-state index contributed by atoms with van der Waals surface area (Å²) in [6, 6.07) is -0.391. The zero-order valence-electron chi connectivity index (χ0n) is 12.6. The molecule has 2 bridgehead atoms. The fourth-order valence-electron chi connectivity index (χ4n) is 3.51. The molecule has 118 valence electrons. The van der Waals surface area contributed by atoms with Crippen LogP contribution >= 0.6 is 0 Å². The van der Waals surface area contributed by atoms with Crippen molar-refractivity contribution in [3.05, 3.63) is 0 Å². The van der Waals surface area contributed by atoms with Crippen molar-refractivity contribution < 1.29 is 24.2 Å². The molecule has 4 atom stereocenters. The fraction of sp³-hybridized carbons (Fsp3) is 0.786. The second-order valence-corrected chi connectivity index (χ2v) is 5.97. The molecule has 2 aliphatic heterocycles. The Morgan fingerprint density at radius 2 is 2.05 bits per heavy atom. The van der Waals surface area contributed by atoms with Gasteiger partial charge in [0.2, 0.25) is 0 Å². The molecule has 2 heterocycles. The maximum Gasteiger partial charge on any atom is 0.320 e. The van der Waals surface area contributed by atoms with Crippen molar-refractivity contribution in [2.75, 3.05) is 20.7 Å². The Labute approximate surface area is 123 Å². The van der Waals surface area contributed by atoms with E-state index in [1.165, 1.54) is 12.0 Å². The lowest BCUT2D eigenvalue weighted by Crippen LogP contribution is -2.46. The smallest absolute Gasteiger partial charge is 0.320 e. The molecule has 0 aromatic rings. The minimum absolute atomic E-state index is 0.0134. The summed E-state index contributed by atoms with van der Waals surface area (Å²) < 4.78 is 4.65. The summed E-state index contributed by atoms with van der Waals surface area (Å²) in [7, 11) is 2.95. The second-order valence-electron chi connectivity index (χ2n) is 5.97.